The Morgan fingerprint density at radius 3 is 2.43 bits per heavy atom. The first-order valence-electron chi connectivity index (χ1n) is 7.33. The van der Waals surface area contributed by atoms with Crippen molar-refractivity contribution in [2.45, 2.75) is 46.3 Å². The quantitative estimate of drug-likeness (QED) is 0.810. The molecule has 0 amide bonds. The van der Waals surface area contributed by atoms with E-state index in [2.05, 4.69) is 33.0 Å². The van der Waals surface area contributed by atoms with Gasteiger partial charge in [-0.1, -0.05) is 32.9 Å². The van der Waals surface area contributed by atoms with Crippen LogP contribution in [0.4, 0.5) is 0 Å². The Bertz CT molecular complexity index is 457. The summed E-state index contributed by atoms with van der Waals surface area (Å²) in [6.45, 7) is 9.07. The monoisotopic (exact) mass is 290 g/mol. The molecular formula is C17H26N2O2. The summed E-state index contributed by atoms with van der Waals surface area (Å²) in [7, 11) is 0. The van der Waals surface area contributed by atoms with Crippen molar-refractivity contribution in [3.8, 4) is 11.8 Å². The molecule has 116 valence electrons. The van der Waals surface area contributed by atoms with E-state index in [1.54, 1.807) is 0 Å². The molecule has 0 aromatic heterocycles. The highest BCUT2D eigenvalue weighted by atomic mass is 16.5. The van der Waals surface area contributed by atoms with Gasteiger partial charge in [-0.15, -0.1) is 0 Å². The van der Waals surface area contributed by atoms with Crippen LogP contribution in [0.2, 0.25) is 0 Å². The summed E-state index contributed by atoms with van der Waals surface area (Å²) in [6, 6.07) is 9.76. The molecule has 0 spiro atoms. The van der Waals surface area contributed by atoms with Crippen molar-refractivity contribution in [2.24, 2.45) is 5.41 Å². The van der Waals surface area contributed by atoms with Gasteiger partial charge in [0.2, 0.25) is 0 Å². The van der Waals surface area contributed by atoms with Crippen molar-refractivity contribution in [2.75, 3.05) is 13.2 Å². The van der Waals surface area contributed by atoms with Gasteiger partial charge in [0.05, 0.1) is 6.10 Å². The third kappa shape index (κ3) is 7.12. The summed E-state index contributed by atoms with van der Waals surface area (Å²) in [5, 5.41) is 21.8. The van der Waals surface area contributed by atoms with Crippen molar-refractivity contribution in [1.29, 1.82) is 5.26 Å². The van der Waals surface area contributed by atoms with Crippen LogP contribution in [0, 0.1) is 16.7 Å². The molecule has 0 heterocycles. The lowest BCUT2D eigenvalue weighted by Crippen LogP contribution is -2.31. The second-order valence-corrected chi connectivity index (χ2v) is 6.56. The molecular weight excluding hydrogens is 264 g/mol. The number of nitriles is 1. The van der Waals surface area contributed by atoms with Gasteiger partial charge < -0.3 is 15.2 Å². The second-order valence-electron chi connectivity index (χ2n) is 6.56. The molecule has 0 saturated carbocycles. The average Bonchev–Trinajstić information content (AvgIpc) is 2.41. The Kier molecular flexibility index (Phi) is 6.67. The number of benzene rings is 1. The average molecular weight is 290 g/mol. The Morgan fingerprint density at radius 1 is 1.29 bits per heavy atom. The molecule has 4 heteroatoms. The predicted molar refractivity (Wildman–Crippen MR) is 84.0 cm³/mol. The first kappa shape index (κ1) is 17.5. The molecule has 0 saturated heterocycles. The zero-order valence-corrected chi connectivity index (χ0v) is 13.4. The number of nitrogens with one attached hydrogen (secondary N) is 1. The summed E-state index contributed by atoms with van der Waals surface area (Å²) < 4.78 is 5.22. The summed E-state index contributed by atoms with van der Waals surface area (Å²) in [5.41, 5.74) is 1.26. The smallest absolute Gasteiger partial charge is 0.174 e. The largest absolute Gasteiger partial charge is 0.479 e. The topological polar surface area (TPSA) is 65.3 Å². The van der Waals surface area contributed by atoms with Crippen LogP contribution in [0.25, 0.3) is 0 Å². The molecule has 1 rings (SSSR count). The number of nitrogens with zero attached hydrogens (tertiary/aromatic N) is 1. The van der Waals surface area contributed by atoms with E-state index >= 15 is 0 Å². The highest BCUT2D eigenvalue weighted by Gasteiger charge is 2.17. The molecule has 1 aromatic rings. The fourth-order valence-corrected chi connectivity index (χ4v) is 2.18. The fraction of sp³-hybridized carbons (Fsp3) is 0.588. The summed E-state index contributed by atoms with van der Waals surface area (Å²) >= 11 is 0. The summed E-state index contributed by atoms with van der Waals surface area (Å²) in [5.74, 6) is 0.695. The molecule has 21 heavy (non-hydrogen) atoms. The lowest BCUT2D eigenvalue weighted by molar-refractivity contribution is 0.117. The van der Waals surface area contributed by atoms with Gasteiger partial charge in [0, 0.05) is 12.6 Å². The van der Waals surface area contributed by atoms with E-state index in [1.807, 2.05) is 30.3 Å². The minimum absolute atomic E-state index is 0.0617. The maximum Gasteiger partial charge on any atom is 0.174 e. The van der Waals surface area contributed by atoms with E-state index < -0.39 is 0 Å². The molecule has 1 aromatic carbocycles. The second kappa shape index (κ2) is 8.02. The van der Waals surface area contributed by atoms with Crippen molar-refractivity contribution in [3.63, 3.8) is 0 Å². The van der Waals surface area contributed by atoms with Gasteiger partial charge in [0.1, 0.15) is 11.8 Å². The Balaban J connectivity index is 2.45. The third-order valence-electron chi connectivity index (χ3n) is 3.19. The van der Waals surface area contributed by atoms with E-state index in [9.17, 15) is 5.11 Å². The zero-order chi connectivity index (χ0) is 15.9. The van der Waals surface area contributed by atoms with Crippen molar-refractivity contribution in [3.05, 3.63) is 29.8 Å². The molecule has 0 aliphatic carbocycles. The standard InChI is InChI=1S/C17H26N2O2/c1-13(19-12-15(20)11-17(2,3)4)14-5-7-16(8-6-14)21-10-9-18/h5-8,13,15,19-20H,10-12H2,1-4H3. The Labute approximate surface area is 127 Å². The van der Waals surface area contributed by atoms with Crippen molar-refractivity contribution >= 4 is 0 Å². The van der Waals surface area contributed by atoms with Gasteiger partial charge in [-0.3, -0.25) is 0 Å². The van der Waals surface area contributed by atoms with Crippen LogP contribution in [0.15, 0.2) is 24.3 Å². The van der Waals surface area contributed by atoms with Gasteiger partial charge in [-0.05, 0) is 36.5 Å². The van der Waals surface area contributed by atoms with Gasteiger partial charge in [-0.2, -0.15) is 5.26 Å². The summed E-state index contributed by atoms with van der Waals surface area (Å²) in [4.78, 5) is 0. The molecule has 4 nitrogen and oxygen atoms in total. The van der Waals surface area contributed by atoms with Crippen LogP contribution < -0.4 is 10.1 Å². The molecule has 0 aliphatic heterocycles. The molecule has 0 fully saturated rings. The van der Waals surface area contributed by atoms with E-state index in [0.29, 0.717) is 12.3 Å². The zero-order valence-electron chi connectivity index (χ0n) is 13.4. The van der Waals surface area contributed by atoms with Gasteiger partial charge in [-0.25, -0.2) is 0 Å². The van der Waals surface area contributed by atoms with E-state index in [1.165, 1.54) is 0 Å². The maximum absolute atomic E-state index is 10.0. The summed E-state index contributed by atoms with van der Waals surface area (Å²) in [6.07, 6.45) is 0.430. The van der Waals surface area contributed by atoms with E-state index in [-0.39, 0.29) is 24.2 Å². The third-order valence-corrected chi connectivity index (χ3v) is 3.19. The maximum atomic E-state index is 10.0. The van der Waals surface area contributed by atoms with Crippen LogP contribution in [0.1, 0.15) is 45.7 Å². The number of aliphatic hydroxyl groups is 1. The van der Waals surface area contributed by atoms with Crippen LogP contribution >= 0.6 is 0 Å². The highest BCUT2D eigenvalue weighted by Crippen LogP contribution is 2.21. The Hall–Kier alpha value is -1.57. The van der Waals surface area contributed by atoms with Crippen LogP contribution in [-0.2, 0) is 0 Å². The minimum Gasteiger partial charge on any atom is -0.479 e. The number of aliphatic hydroxyl groups excluding tert-OH is 1. The van der Waals surface area contributed by atoms with E-state index in [0.717, 1.165) is 12.0 Å². The fourth-order valence-electron chi connectivity index (χ4n) is 2.18. The van der Waals surface area contributed by atoms with Gasteiger partial charge >= 0.3 is 0 Å². The molecule has 2 unspecified atom stereocenters. The lowest BCUT2D eigenvalue weighted by Gasteiger charge is -2.24. The Morgan fingerprint density at radius 2 is 1.90 bits per heavy atom. The molecule has 2 N–H and O–H groups in total. The number of rotatable bonds is 7. The van der Waals surface area contributed by atoms with Crippen LogP contribution in [0.5, 0.6) is 5.75 Å². The lowest BCUT2D eigenvalue weighted by atomic mass is 9.89. The molecule has 0 aliphatic rings. The minimum atomic E-state index is -0.342. The number of ether oxygens (including phenoxy) is 1. The van der Waals surface area contributed by atoms with Crippen molar-refractivity contribution < 1.29 is 9.84 Å². The van der Waals surface area contributed by atoms with Gasteiger partial charge in [0.15, 0.2) is 6.61 Å². The first-order chi connectivity index (χ1) is 9.81. The van der Waals surface area contributed by atoms with Crippen LogP contribution in [0.3, 0.4) is 0 Å². The highest BCUT2D eigenvalue weighted by molar-refractivity contribution is 5.29. The van der Waals surface area contributed by atoms with Gasteiger partial charge in [0.25, 0.3) is 0 Å². The first-order valence-corrected chi connectivity index (χ1v) is 7.33. The predicted octanol–water partition coefficient (Wildman–Crippen LogP) is 3.04. The van der Waals surface area contributed by atoms with E-state index in [4.69, 9.17) is 10.00 Å². The van der Waals surface area contributed by atoms with Crippen LogP contribution in [-0.4, -0.2) is 24.4 Å². The molecule has 0 bridgehead atoms. The molecule has 2 atom stereocenters. The SMILES string of the molecule is CC(NCC(O)CC(C)(C)C)c1ccc(OCC#N)cc1. The number of hydrogen-bond donors (Lipinski definition) is 2. The normalized spacial score (nSPS) is 14.3. The molecule has 0 radical (unpaired) electrons. The number of hydrogen-bond acceptors (Lipinski definition) is 4. The van der Waals surface area contributed by atoms with Crippen molar-refractivity contribution in [1.82, 2.24) is 5.32 Å².